The molecule has 1 unspecified atom stereocenters. The molecule has 0 fully saturated rings. The smallest absolute Gasteiger partial charge is 0.118 e. The summed E-state index contributed by atoms with van der Waals surface area (Å²) in [6.07, 6.45) is 13.5. The molecule has 0 saturated heterocycles. The summed E-state index contributed by atoms with van der Waals surface area (Å²) in [6.45, 7) is 0. The minimum absolute atomic E-state index is 0.547. The maximum atomic E-state index is 5.89. The zero-order valence-corrected chi connectivity index (χ0v) is 5.73. The predicted octanol–water partition coefficient (Wildman–Crippen LogP) is 2.11. The lowest BCUT2D eigenvalue weighted by atomic mass is 10.0. The molecule has 1 aliphatic rings. The minimum Gasteiger partial charge on any atom is -0.118 e. The minimum atomic E-state index is -0.547. The molecule has 1 rings (SSSR count). The van der Waals surface area contributed by atoms with Crippen LogP contribution in [0.4, 0.5) is 0 Å². The van der Waals surface area contributed by atoms with Crippen LogP contribution in [0.2, 0.25) is 0 Å². The second-order valence-corrected chi connectivity index (χ2v) is 2.67. The van der Waals surface area contributed by atoms with Gasteiger partial charge in [0.2, 0.25) is 0 Å². The lowest BCUT2D eigenvalue weighted by molar-refractivity contribution is 0.898. The van der Waals surface area contributed by atoms with Crippen LogP contribution in [0.3, 0.4) is 0 Å². The lowest BCUT2D eigenvalue weighted by Crippen LogP contribution is -2.14. The van der Waals surface area contributed by atoms with Crippen LogP contribution in [0, 0.1) is 12.3 Å². The van der Waals surface area contributed by atoms with Gasteiger partial charge in [-0.15, -0.1) is 18.0 Å². The highest BCUT2D eigenvalue weighted by Gasteiger charge is 2.19. The van der Waals surface area contributed by atoms with E-state index in [4.69, 9.17) is 18.0 Å². The molecule has 0 heterocycles. The lowest BCUT2D eigenvalue weighted by Gasteiger charge is -2.15. The molecule has 9 heavy (non-hydrogen) atoms. The van der Waals surface area contributed by atoms with Crippen LogP contribution in [0.15, 0.2) is 24.3 Å². The van der Waals surface area contributed by atoms with Crippen molar-refractivity contribution in [3.63, 3.8) is 0 Å². The van der Waals surface area contributed by atoms with Crippen LogP contribution < -0.4 is 0 Å². The highest BCUT2D eigenvalue weighted by Crippen LogP contribution is 2.23. The average Bonchev–Trinajstić information content (AvgIpc) is 1.90. The van der Waals surface area contributed by atoms with Gasteiger partial charge in [0, 0.05) is 0 Å². The molecule has 1 atom stereocenters. The Morgan fingerprint density at radius 1 is 1.56 bits per heavy atom. The first kappa shape index (κ1) is 6.45. The monoisotopic (exact) mass is 138 g/mol. The van der Waals surface area contributed by atoms with Gasteiger partial charge in [0.1, 0.15) is 4.87 Å². The standard InChI is InChI=1S/C8H7Cl/c1-2-8(9)6-4-3-5-7-8/h1,3-6H,7H2. The average molecular weight is 139 g/mol. The van der Waals surface area contributed by atoms with Gasteiger partial charge in [-0.25, -0.2) is 0 Å². The Bertz CT molecular complexity index is 195. The molecule has 46 valence electrons. The topological polar surface area (TPSA) is 0 Å². The molecule has 0 radical (unpaired) electrons. The van der Waals surface area contributed by atoms with Crippen LogP contribution >= 0.6 is 11.6 Å². The van der Waals surface area contributed by atoms with Gasteiger partial charge in [0.15, 0.2) is 0 Å². The van der Waals surface area contributed by atoms with E-state index in [9.17, 15) is 0 Å². The summed E-state index contributed by atoms with van der Waals surface area (Å²) in [4.78, 5) is -0.547. The number of rotatable bonds is 0. The van der Waals surface area contributed by atoms with Crippen LogP contribution in [-0.4, -0.2) is 4.87 Å². The van der Waals surface area contributed by atoms with Gasteiger partial charge in [-0.05, 0) is 6.42 Å². The summed E-state index contributed by atoms with van der Waals surface area (Å²) in [7, 11) is 0. The van der Waals surface area contributed by atoms with Gasteiger partial charge in [-0.3, -0.25) is 0 Å². The Kier molecular flexibility index (Phi) is 1.64. The quantitative estimate of drug-likeness (QED) is 0.355. The molecule has 0 aromatic rings. The van der Waals surface area contributed by atoms with E-state index in [1.54, 1.807) is 0 Å². The molecule has 0 N–H and O–H groups in total. The third kappa shape index (κ3) is 1.37. The number of allylic oxidation sites excluding steroid dienone is 4. The zero-order valence-electron chi connectivity index (χ0n) is 4.97. The molecule has 0 bridgehead atoms. The van der Waals surface area contributed by atoms with E-state index in [-0.39, 0.29) is 0 Å². The summed E-state index contributed by atoms with van der Waals surface area (Å²) >= 11 is 5.89. The summed E-state index contributed by atoms with van der Waals surface area (Å²) < 4.78 is 0. The number of alkyl halides is 1. The first-order chi connectivity index (χ1) is 4.27. The van der Waals surface area contributed by atoms with E-state index in [0.29, 0.717) is 0 Å². The van der Waals surface area contributed by atoms with E-state index in [1.165, 1.54) is 0 Å². The molecule has 0 amide bonds. The van der Waals surface area contributed by atoms with E-state index in [2.05, 4.69) is 5.92 Å². The SMILES string of the molecule is C#CC1(Cl)C=CC=CC1. The van der Waals surface area contributed by atoms with Crippen molar-refractivity contribution in [2.45, 2.75) is 11.3 Å². The fourth-order valence-electron chi connectivity index (χ4n) is 0.701. The van der Waals surface area contributed by atoms with Crippen LogP contribution in [0.5, 0.6) is 0 Å². The second kappa shape index (κ2) is 2.29. The predicted molar refractivity (Wildman–Crippen MR) is 40.3 cm³/mol. The molecule has 1 heteroatoms. The highest BCUT2D eigenvalue weighted by atomic mass is 35.5. The van der Waals surface area contributed by atoms with Crippen LogP contribution in [-0.2, 0) is 0 Å². The fraction of sp³-hybridized carbons (Fsp3) is 0.250. The molecular formula is C8H7Cl. The fourth-order valence-corrected chi connectivity index (χ4v) is 0.863. The number of hydrogen-bond acceptors (Lipinski definition) is 0. The Hall–Kier alpha value is -0.670. The molecule has 0 aromatic carbocycles. The largest absolute Gasteiger partial charge is 0.126 e. The van der Waals surface area contributed by atoms with Gasteiger partial charge in [0.05, 0.1) is 0 Å². The van der Waals surface area contributed by atoms with Crippen LogP contribution in [0.1, 0.15) is 6.42 Å². The van der Waals surface area contributed by atoms with Crippen molar-refractivity contribution >= 4 is 11.6 Å². The van der Waals surface area contributed by atoms with Crippen molar-refractivity contribution < 1.29 is 0 Å². The molecular weight excluding hydrogens is 132 g/mol. The van der Waals surface area contributed by atoms with Gasteiger partial charge >= 0.3 is 0 Å². The summed E-state index contributed by atoms with van der Waals surface area (Å²) in [5, 5.41) is 0. The van der Waals surface area contributed by atoms with E-state index in [0.717, 1.165) is 6.42 Å². The Morgan fingerprint density at radius 2 is 2.33 bits per heavy atom. The maximum Gasteiger partial charge on any atom is 0.126 e. The van der Waals surface area contributed by atoms with Crippen molar-refractivity contribution in [2.24, 2.45) is 0 Å². The molecule has 0 aliphatic heterocycles. The summed E-state index contributed by atoms with van der Waals surface area (Å²) in [5.74, 6) is 2.51. The van der Waals surface area contributed by atoms with E-state index >= 15 is 0 Å². The number of hydrogen-bond donors (Lipinski definition) is 0. The highest BCUT2D eigenvalue weighted by molar-refractivity contribution is 6.27. The zero-order chi connectivity index (χ0) is 6.74. The normalized spacial score (nSPS) is 32.0. The Labute approximate surface area is 60.2 Å². The Balaban J connectivity index is 2.77. The second-order valence-electron chi connectivity index (χ2n) is 2.00. The Morgan fingerprint density at radius 3 is 2.67 bits per heavy atom. The molecule has 0 spiro atoms. The van der Waals surface area contributed by atoms with Crippen molar-refractivity contribution in [1.29, 1.82) is 0 Å². The summed E-state index contributed by atoms with van der Waals surface area (Å²) in [6, 6.07) is 0. The molecule has 1 aliphatic carbocycles. The van der Waals surface area contributed by atoms with Crippen molar-refractivity contribution in [3.8, 4) is 12.3 Å². The first-order valence-corrected chi connectivity index (χ1v) is 3.16. The van der Waals surface area contributed by atoms with Gasteiger partial charge in [-0.2, -0.15) is 0 Å². The van der Waals surface area contributed by atoms with Crippen molar-refractivity contribution in [2.75, 3.05) is 0 Å². The molecule has 0 nitrogen and oxygen atoms in total. The maximum absolute atomic E-state index is 5.89. The molecule has 0 aromatic heterocycles. The van der Waals surface area contributed by atoms with Crippen LogP contribution in [0.25, 0.3) is 0 Å². The third-order valence-electron chi connectivity index (χ3n) is 1.26. The van der Waals surface area contributed by atoms with E-state index in [1.807, 2.05) is 24.3 Å². The molecule has 0 saturated carbocycles. The third-order valence-corrected chi connectivity index (χ3v) is 1.65. The van der Waals surface area contributed by atoms with Gasteiger partial charge in [-0.1, -0.05) is 30.2 Å². The summed E-state index contributed by atoms with van der Waals surface area (Å²) in [5.41, 5.74) is 0. The first-order valence-electron chi connectivity index (χ1n) is 2.78. The van der Waals surface area contributed by atoms with Crippen molar-refractivity contribution in [3.05, 3.63) is 24.3 Å². The van der Waals surface area contributed by atoms with E-state index < -0.39 is 4.87 Å². The van der Waals surface area contributed by atoms with Gasteiger partial charge in [0.25, 0.3) is 0 Å². The number of halogens is 1. The van der Waals surface area contributed by atoms with Gasteiger partial charge < -0.3 is 0 Å². The van der Waals surface area contributed by atoms with Crippen molar-refractivity contribution in [1.82, 2.24) is 0 Å². The number of terminal acetylenes is 1.